The first-order valence-corrected chi connectivity index (χ1v) is 12.7. The molecule has 1 aliphatic carbocycles. The van der Waals surface area contributed by atoms with Crippen LogP contribution in [0.2, 0.25) is 0 Å². The Kier molecular flexibility index (Phi) is 14.4. The van der Waals surface area contributed by atoms with E-state index in [9.17, 15) is 4.79 Å². The molecule has 32 heavy (non-hydrogen) atoms. The van der Waals surface area contributed by atoms with Gasteiger partial charge in [-0.2, -0.15) is 0 Å². The summed E-state index contributed by atoms with van der Waals surface area (Å²) in [6, 6.07) is 0. The maximum Gasteiger partial charge on any atom is 0.303 e. The zero-order valence-electron chi connectivity index (χ0n) is 21.2. The summed E-state index contributed by atoms with van der Waals surface area (Å²) in [6.45, 7) is 7.51. The Morgan fingerprint density at radius 1 is 1.00 bits per heavy atom. The van der Waals surface area contributed by atoms with Crippen LogP contribution in [0.25, 0.3) is 0 Å². The first-order chi connectivity index (χ1) is 15.4. The predicted molar refractivity (Wildman–Crippen MR) is 128 cm³/mol. The summed E-state index contributed by atoms with van der Waals surface area (Å²) in [5.74, 6) is -1.33. The molecule has 1 saturated carbocycles. The topological polar surface area (TPSA) is 74.2 Å². The van der Waals surface area contributed by atoms with Gasteiger partial charge < -0.3 is 24.1 Å². The van der Waals surface area contributed by atoms with Crippen LogP contribution in [0.4, 0.5) is 0 Å². The van der Waals surface area contributed by atoms with Crippen molar-refractivity contribution >= 4 is 5.97 Å². The van der Waals surface area contributed by atoms with Gasteiger partial charge in [0.15, 0.2) is 11.6 Å². The lowest BCUT2D eigenvalue weighted by Crippen LogP contribution is -2.41. The predicted octanol–water partition coefficient (Wildman–Crippen LogP) is 6.33. The zero-order chi connectivity index (χ0) is 23.9. The molecule has 0 spiro atoms. The van der Waals surface area contributed by atoms with E-state index in [-0.39, 0.29) is 12.3 Å². The molecule has 1 aliphatic rings. The van der Waals surface area contributed by atoms with Gasteiger partial charge in [-0.15, -0.1) is 0 Å². The summed E-state index contributed by atoms with van der Waals surface area (Å²) in [4.78, 5) is 10.7. The average molecular weight is 457 g/mol. The van der Waals surface area contributed by atoms with Gasteiger partial charge in [0, 0.05) is 52.6 Å². The maximum atomic E-state index is 10.7. The number of rotatable bonds is 19. The Balaban J connectivity index is 2.90. The summed E-state index contributed by atoms with van der Waals surface area (Å²) in [7, 11) is 3.43. The van der Waals surface area contributed by atoms with E-state index in [1.54, 1.807) is 14.2 Å². The molecule has 1 fully saturated rings. The highest BCUT2D eigenvalue weighted by Gasteiger charge is 2.49. The second kappa shape index (κ2) is 15.8. The van der Waals surface area contributed by atoms with Crippen molar-refractivity contribution in [2.75, 3.05) is 27.4 Å². The van der Waals surface area contributed by atoms with E-state index in [1.165, 1.54) is 0 Å². The fourth-order valence-corrected chi connectivity index (χ4v) is 5.03. The second-order valence-electron chi connectivity index (χ2n) is 8.87. The van der Waals surface area contributed by atoms with Crippen molar-refractivity contribution in [3.05, 3.63) is 12.2 Å². The minimum absolute atomic E-state index is 0.255. The number of methoxy groups -OCH3 is 2. The van der Waals surface area contributed by atoms with Crippen LogP contribution >= 0.6 is 0 Å². The highest BCUT2D eigenvalue weighted by molar-refractivity contribution is 5.66. The fraction of sp³-hybridized carbons (Fsp3) is 0.885. The Hall–Kier alpha value is -0.950. The fourth-order valence-electron chi connectivity index (χ4n) is 5.03. The van der Waals surface area contributed by atoms with Crippen LogP contribution < -0.4 is 0 Å². The minimum Gasteiger partial charge on any atom is -0.481 e. The number of hydrogen-bond donors (Lipinski definition) is 1. The van der Waals surface area contributed by atoms with E-state index in [0.29, 0.717) is 19.1 Å². The number of allylic oxidation sites excluding steroid dienone is 1. The number of hydrogen-bond acceptors (Lipinski definition) is 5. The normalized spacial score (nSPS) is 20.9. The van der Waals surface area contributed by atoms with E-state index >= 15 is 0 Å². The van der Waals surface area contributed by atoms with Gasteiger partial charge in [-0.25, -0.2) is 0 Å². The SMILES string of the molecule is CCCCCC(C=C[C@H]1CCC(OCC)(OCC)[C@@H]1CCCCCCC(=O)O)(OC)OC. The van der Waals surface area contributed by atoms with E-state index < -0.39 is 17.5 Å². The van der Waals surface area contributed by atoms with Crippen molar-refractivity contribution < 1.29 is 28.8 Å². The molecule has 0 bridgehead atoms. The largest absolute Gasteiger partial charge is 0.481 e. The molecular weight excluding hydrogens is 408 g/mol. The average Bonchev–Trinajstić information content (AvgIpc) is 3.10. The molecule has 0 saturated heterocycles. The molecule has 0 aromatic heterocycles. The van der Waals surface area contributed by atoms with Crippen molar-refractivity contribution in [3.63, 3.8) is 0 Å². The van der Waals surface area contributed by atoms with Crippen molar-refractivity contribution in [2.45, 2.75) is 109 Å². The number of carboxylic acid groups (broad SMARTS) is 1. The summed E-state index contributed by atoms with van der Waals surface area (Å²) in [5.41, 5.74) is 0. The molecule has 1 rings (SSSR count). The zero-order valence-corrected chi connectivity index (χ0v) is 21.2. The van der Waals surface area contributed by atoms with Gasteiger partial charge in [-0.1, -0.05) is 45.1 Å². The standard InChI is InChI=1S/C26H48O6/c1-6-9-14-19-25(29-4,30-5)20-17-22-18-21-26(31-7-2,32-8-3)23(22)15-12-10-11-13-16-24(27)28/h17,20,22-23H,6-16,18-19,21H2,1-5H3,(H,27,28)/t22-,23+/m0/s1. The molecule has 0 aromatic carbocycles. The van der Waals surface area contributed by atoms with Gasteiger partial charge in [0.25, 0.3) is 0 Å². The third-order valence-electron chi connectivity index (χ3n) is 6.76. The molecular formula is C26H48O6. The molecule has 188 valence electrons. The number of ether oxygens (including phenoxy) is 4. The lowest BCUT2D eigenvalue weighted by molar-refractivity contribution is -0.256. The Morgan fingerprint density at radius 2 is 1.66 bits per heavy atom. The first kappa shape index (κ1) is 29.1. The molecule has 6 nitrogen and oxygen atoms in total. The number of carboxylic acids is 1. The van der Waals surface area contributed by atoms with E-state index in [1.807, 2.05) is 13.8 Å². The highest BCUT2D eigenvalue weighted by atomic mass is 16.7. The second-order valence-corrected chi connectivity index (χ2v) is 8.87. The molecule has 0 unspecified atom stereocenters. The van der Waals surface area contributed by atoms with Crippen molar-refractivity contribution in [3.8, 4) is 0 Å². The maximum absolute atomic E-state index is 10.7. The van der Waals surface area contributed by atoms with Crippen molar-refractivity contribution in [2.24, 2.45) is 11.8 Å². The molecule has 2 atom stereocenters. The Bertz CT molecular complexity index is 522. The molecule has 0 aromatic rings. The van der Waals surface area contributed by atoms with Crippen LogP contribution in [0.3, 0.4) is 0 Å². The third-order valence-corrected chi connectivity index (χ3v) is 6.76. The summed E-state index contributed by atoms with van der Waals surface area (Å²) >= 11 is 0. The molecule has 0 amide bonds. The van der Waals surface area contributed by atoms with Crippen molar-refractivity contribution in [1.82, 2.24) is 0 Å². The quantitative estimate of drug-likeness (QED) is 0.139. The van der Waals surface area contributed by atoms with Crippen LogP contribution in [0.5, 0.6) is 0 Å². The van der Waals surface area contributed by atoms with Crippen LogP contribution in [-0.4, -0.2) is 50.1 Å². The summed E-state index contributed by atoms with van der Waals surface area (Å²) < 4.78 is 24.1. The first-order valence-electron chi connectivity index (χ1n) is 12.7. The monoisotopic (exact) mass is 456 g/mol. The van der Waals surface area contributed by atoms with E-state index in [4.69, 9.17) is 24.1 Å². The van der Waals surface area contributed by atoms with E-state index in [2.05, 4.69) is 19.1 Å². The van der Waals surface area contributed by atoms with Crippen LogP contribution in [0.15, 0.2) is 12.2 Å². The molecule has 0 heterocycles. The molecule has 1 N–H and O–H groups in total. The van der Waals surface area contributed by atoms with Crippen LogP contribution in [0.1, 0.15) is 97.8 Å². The molecule has 6 heteroatoms. The van der Waals surface area contributed by atoms with Gasteiger partial charge in [-0.3, -0.25) is 4.79 Å². The number of carbonyl (C=O) groups is 1. The smallest absolute Gasteiger partial charge is 0.303 e. The van der Waals surface area contributed by atoms with Crippen LogP contribution in [0, 0.1) is 11.8 Å². The van der Waals surface area contributed by atoms with Crippen LogP contribution in [-0.2, 0) is 23.7 Å². The summed E-state index contributed by atoms with van der Waals surface area (Å²) in [6.07, 6.45) is 15.5. The van der Waals surface area contributed by atoms with Gasteiger partial charge in [0.1, 0.15) is 0 Å². The number of unbranched alkanes of at least 4 members (excludes halogenated alkanes) is 5. The van der Waals surface area contributed by atoms with E-state index in [0.717, 1.165) is 70.6 Å². The molecule has 0 aliphatic heterocycles. The number of aliphatic carboxylic acids is 1. The van der Waals surface area contributed by atoms with Crippen molar-refractivity contribution in [1.29, 1.82) is 0 Å². The van der Waals surface area contributed by atoms with Gasteiger partial charge >= 0.3 is 5.97 Å². The summed E-state index contributed by atoms with van der Waals surface area (Å²) in [5, 5.41) is 8.84. The van der Waals surface area contributed by atoms with Gasteiger partial charge in [0.2, 0.25) is 0 Å². The van der Waals surface area contributed by atoms with Gasteiger partial charge in [0.05, 0.1) is 0 Å². The highest BCUT2D eigenvalue weighted by Crippen LogP contribution is 2.47. The third kappa shape index (κ3) is 9.12. The Labute approximate surface area is 196 Å². The Morgan fingerprint density at radius 3 is 2.22 bits per heavy atom. The lowest BCUT2D eigenvalue weighted by Gasteiger charge is -2.37. The van der Waals surface area contributed by atoms with Gasteiger partial charge in [-0.05, 0) is 51.5 Å². The minimum atomic E-state index is -0.712. The molecule has 0 radical (unpaired) electrons. The lowest BCUT2D eigenvalue weighted by atomic mass is 9.86.